The number of nitriles is 1. The highest BCUT2D eigenvalue weighted by molar-refractivity contribution is 6.31. The van der Waals surface area contributed by atoms with Crippen LogP contribution in [0.15, 0.2) is 54.6 Å². The zero-order valence-electron chi connectivity index (χ0n) is 29.8. The van der Waals surface area contributed by atoms with Crippen molar-refractivity contribution in [2.45, 2.75) is 63.8 Å². The first-order chi connectivity index (χ1) is 25.1. The summed E-state index contributed by atoms with van der Waals surface area (Å²) in [5, 5.41) is 17.0. The lowest BCUT2D eigenvalue weighted by molar-refractivity contribution is -0.118. The summed E-state index contributed by atoms with van der Waals surface area (Å²) in [4.78, 5) is 41.2. The third-order valence-corrected chi connectivity index (χ3v) is 9.76. The van der Waals surface area contributed by atoms with Gasteiger partial charge in [0, 0.05) is 42.6 Å². The van der Waals surface area contributed by atoms with E-state index in [2.05, 4.69) is 16.7 Å². The van der Waals surface area contributed by atoms with Crippen LogP contribution in [-0.2, 0) is 24.4 Å². The van der Waals surface area contributed by atoms with Crippen LogP contribution in [0.2, 0.25) is 10.0 Å². The molecule has 1 unspecified atom stereocenters. The molecule has 0 aliphatic carbocycles. The number of methoxy groups -OCH3 is 1. The minimum absolute atomic E-state index is 0.0268. The molecule has 2 aliphatic heterocycles. The van der Waals surface area contributed by atoms with E-state index in [1.54, 1.807) is 0 Å². The van der Waals surface area contributed by atoms with Crippen LogP contribution in [0, 0.1) is 28.4 Å². The van der Waals surface area contributed by atoms with Gasteiger partial charge in [0.2, 0.25) is 12.2 Å². The molecule has 2 heterocycles. The fourth-order valence-electron chi connectivity index (χ4n) is 6.89. The van der Waals surface area contributed by atoms with Gasteiger partial charge < -0.3 is 34.5 Å². The number of ether oxygens (including phenoxy) is 4. The van der Waals surface area contributed by atoms with E-state index in [0.29, 0.717) is 26.3 Å². The van der Waals surface area contributed by atoms with E-state index in [1.165, 1.54) is 67.5 Å². The van der Waals surface area contributed by atoms with E-state index in [0.717, 1.165) is 6.07 Å². The molecule has 0 aromatic heterocycles. The molecule has 0 bridgehead atoms. The van der Waals surface area contributed by atoms with Gasteiger partial charge in [-0.15, -0.1) is 0 Å². The van der Waals surface area contributed by atoms with Crippen LogP contribution in [0.25, 0.3) is 0 Å². The van der Waals surface area contributed by atoms with E-state index in [4.69, 9.17) is 42.1 Å². The summed E-state index contributed by atoms with van der Waals surface area (Å²) in [6.45, 7) is 8.65. The Morgan fingerprint density at radius 3 is 2.45 bits per heavy atom. The minimum Gasteiger partial charge on any atom is -0.495 e. The normalized spacial score (nSPS) is 22.0. The quantitative estimate of drug-likeness (QED) is 0.171. The van der Waals surface area contributed by atoms with Crippen molar-refractivity contribution in [3.8, 4) is 11.8 Å². The number of nitrogens with one attached hydrogen (secondary N) is 2. The van der Waals surface area contributed by atoms with Gasteiger partial charge in [-0.1, -0.05) is 62.2 Å². The SMILES string of the molecule is COc1cc(C(=O)OC(C)OC(=O)N2CCOCC2)ccc1NC(=O)[C@@H]1N[C@@H](CC(C)(C)C)[C@](C#N)(c2ccc(Cl)cc2F)[C@H]1c1cccc(Cl)c1F. The average Bonchev–Trinajstić information content (AvgIpc) is 3.42. The molecule has 2 saturated heterocycles. The second-order valence-electron chi connectivity index (χ2n) is 14.0. The summed E-state index contributed by atoms with van der Waals surface area (Å²) in [6.07, 6.45) is -1.58. The monoisotopic (exact) mass is 772 g/mol. The van der Waals surface area contributed by atoms with Crippen LogP contribution in [0.5, 0.6) is 5.75 Å². The number of carbonyl (C=O) groups excluding carboxylic acids is 3. The second-order valence-corrected chi connectivity index (χ2v) is 14.9. The molecule has 53 heavy (non-hydrogen) atoms. The summed E-state index contributed by atoms with van der Waals surface area (Å²) in [5.74, 6) is -4.40. The van der Waals surface area contributed by atoms with Crippen LogP contribution >= 0.6 is 23.2 Å². The molecule has 5 rings (SSSR count). The lowest BCUT2D eigenvalue weighted by Gasteiger charge is -2.37. The predicted molar refractivity (Wildman–Crippen MR) is 193 cm³/mol. The summed E-state index contributed by atoms with van der Waals surface area (Å²) < 4.78 is 53.3. The molecule has 2 fully saturated rings. The molecule has 282 valence electrons. The Bertz CT molecular complexity index is 1910. The molecule has 3 aromatic carbocycles. The number of anilines is 1. The van der Waals surface area contributed by atoms with E-state index in [9.17, 15) is 19.6 Å². The molecule has 0 spiro atoms. The largest absolute Gasteiger partial charge is 0.495 e. The predicted octanol–water partition coefficient (Wildman–Crippen LogP) is 7.21. The molecule has 0 saturated carbocycles. The smallest absolute Gasteiger partial charge is 0.413 e. The molecule has 2 N–H and O–H groups in total. The van der Waals surface area contributed by atoms with Crippen LogP contribution in [-0.4, -0.2) is 74.7 Å². The van der Waals surface area contributed by atoms with Crippen LogP contribution in [0.4, 0.5) is 19.3 Å². The number of esters is 1. The third kappa shape index (κ3) is 8.52. The number of nitrogens with zero attached hydrogens (tertiary/aromatic N) is 2. The van der Waals surface area contributed by atoms with Crippen molar-refractivity contribution in [2.75, 3.05) is 38.7 Å². The van der Waals surface area contributed by atoms with Crippen molar-refractivity contribution in [2.24, 2.45) is 5.41 Å². The van der Waals surface area contributed by atoms with Crippen molar-refractivity contribution in [3.05, 3.63) is 93.0 Å². The maximum absolute atomic E-state index is 16.0. The van der Waals surface area contributed by atoms with Crippen molar-refractivity contribution >= 4 is 46.9 Å². The third-order valence-electron chi connectivity index (χ3n) is 9.24. The fraction of sp³-hybridized carbons (Fsp3) is 0.421. The average molecular weight is 774 g/mol. The van der Waals surface area contributed by atoms with Crippen molar-refractivity contribution < 1.29 is 42.1 Å². The second kappa shape index (κ2) is 16.3. The number of halogens is 4. The maximum atomic E-state index is 16.0. The van der Waals surface area contributed by atoms with Crippen molar-refractivity contribution in [1.82, 2.24) is 10.2 Å². The summed E-state index contributed by atoms with van der Waals surface area (Å²) in [5.41, 5.74) is -2.22. The summed E-state index contributed by atoms with van der Waals surface area (Å²) in [6, 6.07) is 12.4. The van der Waals surface area contributed by atoms with Gasteiger partial charge in [0.15, 0.2) is 0 Å². The zero-order valence-corrected chi connectivity index (χ0v) is 31.3. The highest BCUT2D eigenvalue weighted by Gasteiger charge is 2.61. The van der Waals surface area contributed by atoms with E-state index in [-0.39, 0.29) is 44.6 Å². The van der Waals surface area contributed by atoms with Crippen molar-refractivity contribution in [1.29, 1.82) is 5.26 Å². The first-order valence-electron chi connectivity index (χ1n) is 16.9. The standard InChI is InChI=1S/C38H40Cl2F2N4O7/c1-21(53-36(49)46-13-15-51-16-14-46)52-35(48)22-9-12-28(29(17-22)50-5)44-34(47)33-31(24-7-6-8-26(40)32(24)42)38(20-43,30(45-33)19-37(2,3)4)25-11-10-23(39)18-27(25)41/h6-12,17-18,21,30-31,33,45H,13-16,19H2,1-5H3,(H,44,47)/t21?,30-,31-,33+,38-/m0/s1. The van der Waals surface area contributed by atoms with Gasteiger partial charge in [0.25, 0.3) is 0 Å². The molecule has 5 atom stereocenters. The number of hydrogen-bond acceptors (Lipinski definition) is 9. The van der Waals surface area contributed by atoms with Crippen molar-refractivity contribution in [3.63, 3.8) is 0 Å². The first-order valence-corrected chi connectivity index (χ1v) is 17.6. The number of rotatable bonds is 9. The van der Waals surface area contributed by atoms with E-state index >= 15 is 8.78 Å². The van der Waals surface area contributed by atoms with Gasteiger partial charge in [-0.05, 0) is 53.8 Å². The van der Waals surface area contributed by atoms with E-state index < -0.39 is 64.7 Å². The molecule has 11 nitrogen and oxygen atoms in total. The van der Waals surface area contributed by atoms with Crippen LogP contribution in [0.1, 0.15) is 61.5 Å². The van der Waals surface area contributed by atoms with Gasteiger partial charge in [-0.25, -0.2) is 18.4 Å². The molecule has 2 amide bonds. The summed E-state index contributed by atoms with van der Waals surface area (Å²) >= 11 is 12.4. The highest BCUT2D eigenvalue weighted by atomic mass is 35.5. The number of hydrogen-bond donors (Lipinski definition) is 2. The van der Waals surface area contributed by atoms with Crippen LogP contribution < -0.4 is 15.4 Å². The summed E-state index contributed by atoms with van der Waals surface area (Å²) in [7, 11) is 1.33. The fourth-order valence-corrected chi connectivity index (χ4v) is 7.23. The zero-order chi connectivity index (χ0) is 38.7. The Morgan fingerprint density at radius 2 is 1.81 bits per heavy atom. The number of morpholine rings is 1. The molecular weight excluding hydrogens is 733 g/mol. The topological polar surface area (TPSA) is 139 Å². The molecular formula is C38H40Cl2F2N4O7. The lowest BCUT2D eigenvalue weighted by Crippen LogP contribution is -2.45. The molecule has 3 aromatic rings. The molecule has 0 radical (unpaired) electrons. The van der Waals surface area contributed by atoms with Crippen LogP contribution in [0.3, 0.4) is 0 Å². The molecule has 2 aliphatic rings. The lowest BCUT2D eigenvalue weighted by atomic mass is 9.62. The van der Waals surface area contributed by atoms with E-state index in [1.807, 2.05) is 20.8 Å². The number of benzene rings is 3. The van der Waals surface area contributed by atoms with Gasteiger partial charge >= 0.3 is 12.1 Å². The van der Waals surface area contributed by atoms with Gasteiger partial charge in [0.05, 0.1) is 48.7 Å². The number of carbonyl (C=O) groups is 3. The van der Waals surface area contributed by atoms with Gasteiger partial charge in [-0.3, -0.25) is 4.79 Å². The number of amides is 2. The minimum atomic E-state index is -1.82. The Kier molecular flexibility index (Phi) is 12.2. The first kappa shape index (κ1) is 39.7. The Hall–Kier alpha value is -4.48. The maximum Gasteiger partial charge on any atom is 0.413 e. The van der Waals surface area contributed by atoms with Gasteiger partial charge in [-0.2, -0.15) is 5.26 Å². The Labute approximate surface area is 316 Å². The Balaban J connectivity index is 1.47. The Morgan fingerprint density at radius 1 is 1.09 bits per heavy atom. The van der Waals surface area contributed by atoms with Gasteiger partial charge in [0.1, 0.15) is 22.8 Å². The molecule has 15 heteroatoms. The highest BCUT2D eigenvalue weighted by Crippen LogP contribution is 2.53.